The number of rotatable bonds is 5. The number of aliphatic carboxylic acids is 1. The Balaban J connectivity index is 1.99. The fraction of sp³-hybridized carbons (Fsp3) is 0.600. The number of carboxylic acid groups (broad SMARTS) is 1. The second-order valence-electron chi connectivity index (χ2n) is 5.78. The molecular weight excluding hydrogens is 254 g/mol. The SMILES string of the molecule is CC(C)C=CCN1CCC(C(=O)O)(n2ccnc2)CC1. The Bertz CT molecular complexity index is 457. The third-order valence-corrected chi connectivity index (χ3v) is 3.96. The summed E-state index contributed by atoms with van der Waals surface area (Å²) in [4.78, 5) is 18.0. The smallest absolute Gasteiger partial charge is 0.330 e. The summed E-state index contributed by atoms with van der Waals surface area (Å²) in [5, 5.41) is 9.61. The van der Waals surface area contributed by atoms with Crippen LogP contribution < -0.4 is 0 Å². The van der Waals surface area contributed by atoms with Crippen LogP contribution in [-0.4, -0.2) is 45.2 Å². The van der Waals surface area contributed by atoms with Gasteiger partial charge in [0.2, 0.25) is 0 Å². The fourth-order valence-corrected chi connectivity index (χ4v) is 2.68. The molecule has 0 radical (unpaired) electrons. The van der Waals surface area contributed by atoms with E-state index in [0.29, 0.717) is 18.8 Å². The average Bonchev–Trinajstić information content (AvgIpc) is 2.93. The van der Waals surface area contributed by atoms with Crippen LogP contribution in [0.15, 0.2) is 30.9 Å². The minimum Gasteiger partial charge on any atom is -0.479 e. The summed E-state index contributed by atoms with van der Waals surface area (Å²) in [6, 6.07) is 0. The maximum Gasteiger partial charge on any atom is 0.330 e. The van der Waals surface area contributed by atoms with Crippen molar-refractivity contribution in [1.82, 2.24) is 14.5 Å². The van der Waals surface area contributed by atoms with Crippen LogP contribution in [-0.2, 0) is 10.3 Å². The maximum absolute atomic E-state index is 11.7. The molecule has 0 unspecified atom stereocenters. The summed E-state index contributed by atoms with van der Waals surface area (Å²) in [5.74, 6) is -0.197. The van der Waals surface area contributed by atoms with Crippen molar-refractivity contribution in [2.24, 2.45) is 5.92 Å². The van der Waals surface area contributed by atoms with Gasteiger partial charge < -0.3 is 9.67 Å². The fourth-order valence-electron chi connectivity index (χ4n) is 2.68. The van der Waals surface area contributed by atoms with Crippen LogP contribution in [0.1, 0.15) is 26.7 Å². The van der Waals surface area contributed by atoms with Gasteiger partial charge in [0.05, 0.1) is 6.33 Å². The first-order chi connectivity index (χ1) is 9.54. The van der Waals surface area contributed by atoms with Gasteiger partial charge in [0.15, 0.2) is 0 Å². The summed E-state index contributed by atoms with van der Waals surface area (Å²) >= 11 is 0. The molecule has 1 N–H and O–H groups in total. The van der Waals surface area contributed by atoms with Gasteiger partial charge in [-0.05, 0) is 18.8 Å². The molecule has 0 amide bonds. The van der Waals surface area contributed by atoms with Gasteiger partial charge in [-0.15, -0.1) is 0 Å². The second-order valence-corrected chi connectivity index (χ2v) is 5.78. The molecule has 2 heterocycles. The quantitative estimate of drug-likeness (QED) is 0.836. The van der Waals surface area contributed by atoms with E-state index in [4.69, 9.17) is 0 Å². The van der Waals surface area contributed by atoms with Crippen molar-refractivity contribution in [2.45, 2.75) is 32.2 Å². The van der Waals surface area contributed by atoms with Crippen LogP contribution in [0, 0.1) is 5.92 Å². The zero-order chi connectivity index (χ0) is 14.6. The van der Waals surface area contributed by atoms with E-state index in [1.807, 2.05) is 0 Å². The number of carbonyl (C=O) groups is 1. The van der Waals surface area contributed by atoms with Crippen LogP contribution >= 0.6 is 0 Å². The lowest BCUT2D eigenvalue weighted by Crippen LogP contribution is -2.50. The molecule has 5 nitrogen and oxygen atoms in total. The summed E-state index contributed by atoms with van der Waals surface area (Å²) in [6.07, 6.45) is 10.6. The first-order valence-corrected chi connectivity index (χ1v) is 7.15. The Hall–Kier alpha value is -1.62. The minimum atomic E-state index is -0.825. The van der Waals surface area contributed by atoms with Gasteiger partial charge in [-0.1, -0.05) is 26.0 Å². The van der Waals surface area contributed by atoms with Gasteiger partial charge in [-0.25, -0.2) is 9.78 Å². The number of aromatic nitrogens is 2. The molecule has 1 saturated heterocycles. The predicted molar refractivity (Wildman–Crippen MR) is 77.5 cm³/mol. The van der Waals surface area contributed by atoms with Crippen molar-refractivity contribution in [1.29, 1.82) is 0 Å². The molecule has 1 aliphatic heterocycles. The zero-order valence-electron chi connectivity index (χ0n) is 12.2. The molecule has 0 aliphatic carbocycles. The molecule has 1 aliphatic rings. The van der Waals surface area contributed by atoms with Gasteiger partial charge >= 0.3 is 5.97 Å². The lowest BCUT2D eigenvalue weighted by atomic mass is 9.87. The molecule has 5 heteroatoms. The Labute approximate surface area is 119 Å². The van der Waals surface area contributed by atoms with Crippen molar-refractivity contribution < 1.29 is 9.90 Å². The van der Waals surface area contributed by atoms with E-state index in [1.54, 1.807) is 23.3 Å². The largest absolute Gasteiger partial charge is 0.479 e. The van der Waals surface area contributed by atoms with Crippen molar-refractivity contribution in [2.75, 3.05) is 19.6 Å². The molecule has 2 rings (SSSR count). The van der Waals surface area contributed by atoms with Crippen molar-refractivity contribution in [3.63, 3.8) is 0 Å². The molecule has 1 fully saturated rings. The number of piperidine rings is 1. The molecule has 110 valence electrons. The van der Waals surface area contributed by atoms with Crippen molar-refractivity contribution >= 4 is 5.97 Å². The van der Waals surface area contributed by atoms with E-state index in [0.717, 1.165) is 19.6 Å². The number of hydrogen-bond donors (Lipinski definition) is 1. The van der Waals surface area contributed by atoms with Gasteiger partial charge in [0.25, 0.3) is 0 Å². The standard InChI is InChI=1S/C15H23N3O2/c1-13(2)4-3-8-17-9-5-15(6-10-17,14(19)20)18-11-7-16-12-18/h3-4,7,11-13H,5-6,8-10H2,1-2H3,(H,19,20). The first kappa shape index (κ1) is 14.8. The van der Waals surface area contributed by atoms with E-state index in [-0.39, 0.29) is 0 Å². The Morgan fingerprint density at radius 1 is 1.45 bits per heavy atom. The summed E-state index contributed by atoms with van der Waals surface area (Å²) in [6.45, 7) is 6.81. The summed E-state index contributed by atoms with van der Waals surface area (Å²) < 4.78 is 1.75. The molecule has 1 aromatic heterocycles. The number of imidazole rings is 1. The molecule has 0 spiro atoms. The highest BCUT2D eigenvalue weighted by Gasteiger charge is 2.42. The number of nitrogens with zero attached hydrogens (tertiary/aromatic N) is 3. The van der Waals surface area contributed by atoms with Crippen LogP contribution in [0.25, 0.3) is 0 Å². The molecule has 0 aromatic carbocycles. The molecule has 20 heavy (non-hydrogen) atoms. The second kappa shape index (κ2) is 6.22. The normalized spacial score (nSPS) is 19.8. The maximum atomic E-state index is 11.7. The lowest BCUT2D eigenvalue weighted by Gasteiger charge is -2.39. The third-order valence-electron chi connectivity index (χ3n) is 3.96. The molecule has 0 bridgehead atoms. The van der Waals surface area contributed by atoms with E-state index in [9.17, 15) is 9.90 Å². The number of carboxylic acids is 1. The van der Waals surface area contributed by atoms with Crippen molar-refractivity contribution in [3.05, 3.63) is 30.9 Å². The van der Waals surface area contributed by atoms with Crippen LogP contribution in [0.3, 0.4) is 0 Å². The zero-order valence-corrected chi connectivity index (χ0v) is 12.2. The molecule has 0 atom stereocenters. The average molecular weight is 277 g/mol. The van der Waals surface area contributed by atoms with E-state index in [2.05, 4.69) is 35.9 Å². The Morgan fingerprint density at radius 3 is 2.65 bits per heavy atom. The summed E-state index contributed by atoms with van der Waals surface area (Å²) in [7, 11) is 0. The Kier molecular flexibility index (Phi) is 4.60. The van der Waals surface area contributed by atoms with Gasteiger partial charge in [0, 0.05) is 32.0 Å². The Morgan fingerprint density at radius 2 is 2.15 bits per heavy atom. The highest BCUT2D eigenvalue weighted by Crippen LogP contribution is 2.30. The van der Waals surface area contributed by atoms with E-state index < -0.39 is 11.5 Å². The van der Waals surface area contributed by atoms with Gasteiger partial charge in [-0.2, -0.15) is 0 Å². The number of likely N-dealkylation sites (tertiary alicyclic amines) is 1. The number of hydrogen-bond acceptors (Lipinski definition) is 3. The van der Waals surface area contributed by atoms with Crippen molar-refractivity contribution in [3.8, 4) is 0 Å². The minimum absolute atomic E-state index is 0.559. The van der Waals surface area contributed by atoms with Crippen LogP contribution in [0.5, 0.6) is 0 Å². The highest BCUT2D eigenvalue weighted by molar-refractivity contribution is 5.77. The lowest BCUT2D eigenvalue weighted by molar-refractivity contribution is -0.150. The van der Waals surface area contributed by atoms with E-state index in [1.165, 1.54) is 0 Å². The topological polar surface area (TPSA) is 58.4 Å². The van der Waals surface area contributed by atoms with Crippen LogP contribution in [0.4, 0.5) is 0 Å². The van der Waals surface area contributed by atoms with E-state index >= 15 is 0 Å². The summed E-state index contributed by atoms with van der Waals surface area (Å²) in [5.41, 5.74) is -0.825. The molecule has 0 saturated carbocycles. The molecule has 1 aromatic rings. The van der Waals surface area contributed by atoms with Crippen LogP contribution in [0.2, 0.25) is 0 Å². The number of allylic oxidation sites excluding steroid dienone is 1. The predicted octanol–water partition coefficient (Wildman–Crippen LogP) is 1.97. The highest BCUT2D eigenvalue weighted by atomic mass is 16.4. The first-order valence-electron chi connectivity index (χ1n) is 7.15. The molecular formula is C15H23N3O2. The third kappa shape index (κ3) is 3.10. The van der Waals surface area contributed by atoms with Gasteiger partial charge in [0.1, 0.15) is 5.54 Å². The monoisotopic (exact) mass is 277 g/mol. The van der Waals surface area contributed by atoms with Gasteiger partial charge in [-0.3, -0.25) is 4.90 Å².